The number of fused-ring (bicyclic) bond motifs is 2. The first-order valence-corrected chi connectivity index (χ1v) is 9.72. The van der Waals surface area contributed by atoms with Crippen LogP contribution >= 0.6 is 0 Å². The van der Waals surface area contributed by atoms with Gasteiger partial charge < -0.3 is 24.4 Å². The topological polar surface area (TPSA) is 77.1 Å². The number of methoxy groups -OCH3 is 1. The summed E-state index contributed by atoms with van der Waals surface area (Å²) in [6.45, 7) is 1.75. The van der Waals surface area contributed by atoms with E-state index in [1.165, 1.54) is 7.11 Å². The van der Waals surface area contributed by atoms with Crippen LogP contribution in [0, 0.1) is 6.92 Å². The fourth-order valence-electron chi connectivity index (χ4n) is 3.33. The molecule has 3 aromatic rings. The molecule has 0 aliphatic carbocycles. The van der Waals surface area contributed by atoms with Gasteiger partial charge in [0.25, 0.3) is 11.8 Å². The maximum atomic E-state index is 13.0. The lowest BCUT2D eigenvalue weighted by Gasteiger charge is -2.17. The van der Waals surface area contributed by atoms with Gasteiger partial charge >= 0.3 is 0 Å². The molecule has 3 aromatic carbocycles. The van der Waals surface area contributed by atoms with Gasteiger partial charge in [0, 0.05) is 12.7 Å². The molecule has 0 atom stereocenters. The minimum atomic E-state index is -0.361. The van der Waals surface area contributed by atoms with Crippen LogP contribution in [0.25, 0.3) is 0 Å². The number of rotatable bonds is 5. The molecule has 158 valence electrons. The second-order valence-electron chi connectivity index (χ2n) is 7.14. The molecule has 7 nitrogen and oxygen atoms in total. The van der Waals surface area contributed by atoms with Crippen LogP contribution in [0.3, 0.4) is 0 Å². The lowest BCUT2D eigenvalue weighted by atomic mass is 10.1. The summed E-state index contributed by atoms with van der Waals surface area (Å²) in [7, 11) is 3.24. The number of anilines is 2. The average Bonchev–Trinajstić information content (AvgIpc) is 2.88. The van der Waals surface area contributed by atoms with Crippen LogP contribution in [-0.4, -0.2) is 32.6 Å². The molecular formula is C24H22N2O5. The molecule has 1 N–H and O–H groups in total. The number of para-hydroxylation sites is 2. The van der Waals surface area contributed by atoms with Crippen molar-refractivity contribution >= 4 is 23.2 Å². The molecule has 0 fully saturated rings. The number of amides is 2. The third-order valence-corrected chi connectivity index (χ3v) is 4.92. The smallest absolute Gasteiger partial charge is 0.262 e. The van der Waals surface area contributed by atoms with Gasteiger partial charge in [-0.1, -0.05) is 18.2 Å². The van der Waals surface area contributed by atoms with Crippen molar-refractivity contribution in [3.8, 4) is 23.0 Å². The van der Waals surface area contributed by atoms with Crippen LogP contribution in [0.4, 0.5) is 11.4 Å². The molecule has 31 heavy (non-hydrogen) atoms. The van der Waals surface area contributed by atoms with E-state index in [0.717, 1.165) is 5.56 Å². The van der Waals surface area contributed by atoms with E-state index in [0.29, 0.717) is 39.9 Å². The molecule has 1 aliphatic heterocycles. The van der Waals surface area contributed by atoms with Crippen molar-refractivity contribution in [2.75, 3.05) is 31.0 Å². The first-order valence-electron chi connectivity index (χ1n) is 9.72. The van der Waals surface area contributed by atoms with Gasteiger partial charge in [-0.25, -0.2) is 0 Å². The van der Waals surface area contributed by atoms with Crippen LogP contribution in [0.15, 0.2) is 60.7 Å². The molecule has 0 aromatic heterocycles. The second kappa shape index (κ2) is 8.39. The summed E-state index contributed by atoms with van der Waals surface area (Å²) in [4.78, 5) is 27.0. The summed E-state index contributed by atoms with van der Waals surface area (Å²) in [5.74, 6) is 1.46. The maximum absolute atomic E-state index is 13.0. The van der Waals surface area contributed by atoms with Gasteiger partial charge in [-0.05, 0) is 55.0 Å². The van der Waals surface area contributed by atoms with Gasteiger partial charge in [0.05, 0.1) is 18.4 Å². The van der Waals surface area contributed by atoms with Gasteiger partial charge in [0.2, 0.25) is 0 Å². The number of carbonyl (C=O) groups is 2. The quantitative estimate of drug-likeness (QED) is 0.664. The number of carbonyl (C=O) groups excluding carboxylic acids is 2. The lowest BCUT2D eigenvalue weighted by Crippen LogP contribution is -2.25. The predicted octanol–water partition coefficient (Wildman–Crippen LogP) is 4.40. The third-order valence-electron chi connectivity index (χ3n) is 4.92. The Morgan fingerprint density at radius 3 is 2.55 bits per heavy atom. The Hall–Kier alpha value is -4.00. The van der Waals surface area contributed by atoms with E-state index >= 15 is 0 Å². The largest absolute Gasteiger partial charge is 0.493 e. The van der Waals surface area contributed by atoms with Crippen molar-refractivity contribution in [1.29, 1.82) is 0 Å². The zero-order valence-electron chi connectivity index (χ0n) is 17.5. The highest BCUT2D eigenvalue weighted by molar-refractivity contribution is 6.10. The lowest BCUT2D eigenvalue weighted by molar-refractivity contribution is -0.118. The highest BCUT2D eigenvalue weighted by Crippen LogP contribution is 2.39. The van der Waals surface area contributed by atoms with Crippen molar-refractivity contribution in [1.82, 2.24) is 0 Å². The zero-order valence-corrected chi connectivity index (χ0v) is 17.5. The number of nitrogens with one attached hydrogen (secondary N) is 1. The number of ether oxygens (including phenoxy) is 3. The van der Waals surface area contributed by atoms with E-state index in [2.05, 4.69) is 5.32 Å². The Bertz CT molecular complexity index is 1160. The first-order chi connectivity index (χ1) is 15.0. The molecular weight excluding hydrogens is 396 g/mol. The van der Waals surface area contributed by atoms with Crippen LogP contribution in [-0.2, 0) is 4.79 Å². The van der Waals surface area contributed by atoms with Crippen molar-refractivity contribution in [2.45, 2.75) is 6.92 Å². The Morgan fingerprint density at radius 1 is 1.03 bits per heavy atom. The Labute approximate surface area is 180 Å². The van der Waals surface area contributed by atoms with Crippen molar-refractivity contribution < 1.29 is 23.8 Å². The van der Waals surface area contributed by atoms with Crippen molar-refractivity contribution in [3.63, 3.8) is 0 Å². The molecule has 0 spiro atoms. The fourth-order valence-corrected chi connectivity index (χ4v) is 3.33. The maximum Gasteiger partial charge on any atom is 0.262 e. The van der Waals surface area contributed by atoms with Crippen molar-refractivity contribution in [2.24, 2.45) is 0 Å². The summed E-state index contributed by atoms with van der Waals surface area (Å²) in [5, 5.41) is 2.75. The molecule has 0 radical (unpaired) electrons. The average molecular weight is 418 g/mol. The summed E-state index contributed by atoms with van der Waals surface area (Å²) >= 11 is 0. The van der Waals surface area contributed by atoms with E-state index < -0.39 is 0 Å². The van der Waals surface area contributed by atoms with Crippen LogP contribution in [0.2, 0.25) is 0 Å². The van der Waals surface area contributed by atoms with E-state index in [1.807, 2.05) is 31.2 Å². The molecule has 1 aliphatic rings. The molecule has 4 rings (SSSR count). The van der Waals surface area contributed by atoms with Gasteiger partial charge in [-0.2, -0.15) is 0 Å². The van der Waals surface area contributed by atoms with Gasteiger partial charge in [0.1, 0.15) is 5.75 Å². The molecule has 0 bridgehead atoms. The zero-order chi connectivity index (χ0) is 22.0. The normalized spacial score (nSPS) is 12.2. The molecule has 7 heteroatoms. The minimum absolute atomic E-state index is 0.202. The van der Waals surface area contributed by atoms with Gasteiger partial charge in [0.15, 0.2) is 23.9 Å². The predicted molar refractivity (Wildman–Crippen MR) is 118 cm³/mol. The third kappa shape index (κ3) is 4.16. The number of aryl methyl sites for hydroxylation is 1. The molecule has 0 unspecified atom stereocenters. The van der Waals surface area contributed by atoms with E-state index in [1.54, 1.807) is 48.3 Å². The van der Waals surface area contributed by atoms with Gasteiger partial charge in [-0.3, -0.25) is 9.59 Å². The summed E-state index contributed by atoms with van der Waals surface area (Å²) in [6, 6.07) is 17.7. The number of hydrogen-bond acceptors (Lipinski definition) is 5. The number of hydrogen-bond donors (Lipinski definition) is 1. The Kier molecular flexibility index (Phi) is 5.49. The Balaban J connectivity index is 1.50. The highest BCUT2D eigenvalue weighted by Gasteiger charge is 2.26. The van der Waals surface area contributed by atoms with E-state index in [4.69, 9.17) is 14.2 Å². The summed E-state index contributed by atoms with van der Waals surface area (Å²) in [6.07, 6.45) is 0. The van der Waals surface area contributed by atoms with E-state index in [9.17, 15) is 9.59 Å². The first kappa shape index (κ1) is 20.3. The van der Waals surface area contributed by atoms with Crippen LogP contribution < -0.4 is 24.4 Å². The standard InChI is InChI=1S/C24H22N2O5/c1-15-8-10-20-18(12-15)26(2)24(28)17-13-16(9-11-19(17)31-20)25-23(27)14-30-22-7-5-4-6-21(22)29-3/h4-13H,14H2,1-3H3,(H,25,27). The van der Waals surface area contributed by atoms with E-state index in [-0.39, 0.29) is 18.4 Å². The van der Waals surface area contributed by atoms with Crippen LogP contribution in [0.1, 0.15) is 15.9 Å². The van der Waals surface area contributed by atoms with Crippen molar-refractivity contribution in [3.05, 3.63) is 71.8 Å². The second-order valence-corrected chi connectivity index (χ2v) is 7.14. The molecule has 0 saturated heterocycles. The minimum Gasteiger partial charge on any atom is -0.493 e. The monoisotopic (exact) mass is 418 g/mol. The molecule has 2 amide bonds. The number of benzene rings is 3. The highest BCUT2D eigenvalue weighted by atomic mass is 16.5. The SMILES string of the molecule is COc1ccccc1OCC(=O)Nc1ccc2c(c1)C(=O)N(C)c1cc(C)ccc1O2. The Morgan fingerprint density at radius 2 is 1.77 bits per heavy atom. The fraction of sp³-hybridized carbons (Fsp3) is 0.167. The summed E-state index contributed by atoms with van der Waals surface area (Å²) < 4.78 is 16.7. The molecule has 1 heterocycles. The number of nitrogens with zero attached hydrogens (tertiary/aromatic N) is 1. The van der Waals surface area contributed by atoms with Gasteiger partial charge in [-0.15, -0.1) is 0 Å². The van der Waals surface area contributed by atoms with Crippen LogP contribution in [0.5, 0.6) is 23.0 Å². The molecule has 0 saturated carbocycles. The summed E-state index contributed by atoms with van der Waals surface area (Å²) in [5.41, 5.74) is 2.55.